The molecule has 0 bridgehead atoms. The van der Waals surface area contributed by atoms with Crippen molar-refractivity contribution in [3.63, 3.8) is 0 Å². The highest BCUT2D eigenvalue weighted by Crippen LogP contribution is 2.22. The van der Waals surface area contributed by atoms with E-state index >= 15 is 0 Å². The third-order valence-electron chi connectivity index (χ3n) is 3.16. The minimum absolute atomic E-state index is 0.0292. The highest BCUT2D eigenvalue weighted by atomic mass is 16.2. The highest BCUT2D eigenvalue weighted by Gasteiger charge is 2.37. The van der Waals surface area contributed by atoms with Crippen molar-refractivity contribution in [2.45, 2.75) is 32.7 Å². The topological polar surface area (TPSA) is 73.2 Å². The van der Waals surface area contributed by atoms with Crippen LogP contribution in [0.5, 0.6) is 0 Å². The van der Waals surface area contributed by atoms with Gasteiger partial charge in [0.05, 0.1) is 6.07 Å². The van der Waals surface area contributed by atoms with Crippen LogP contribution in [0.2, 0.25) is 0 Å². The van der Waals surface area contributed by atoms with E-state index in [1.54, 1.807) is 11.9 Å². The second kappa shape index (κ2) is 5.67. The summed E-state index contributed by atoms with van der Waals surface area (Å²) in [7, 11) is 1.56. The standard InChI is InChI=1S/C12H19N3O2/c1-8(2)9(7-13)12(17)15-6-4-5-10(15)11(16)14-3/h8-10H,4-6H2,1-3H3,(H,14,16). The maximum absolute atomic E-state index is 12.2. The quantitative estimate of drug-likeness (QED) is 0.777. The molecule has 0 aromatic carbocycles. The van der Waals surface area contributed by atoms with Gasteiger partial charge in [-0.1, -0.05) is 13.8 Å². The first-order chi connectivity index (χ1) is 8.02. The fourth-order valence-corrected chi connectivity index (χ4v) is 2.14. The Morgan fingerprint density at radius 2 is 2.12 bits per heavy atom. The van der Waals surface area contributed by atoms with Gasteiger partial charge in [-0.15, -0.1) is 0 Å². The van der Waals surface area contributed by atoms with Gasteiger partial charge in [-0.25, -0.2) is 0 Å². The van der Waals surface area contributed by atoms with Crippen molar-refractivity contribution in [1.82, 2.24) is 10.2 Å². The van der Waals surface area contributed by atoms with Gasteiger partial charge in [0, 0.05) is 13.6 Å². The second-order valence-corrected chi connectivity index (χ2v) is 4.65. The van der Waals surface area contributed by atoms with Crippen LogP contribution in [-0.2, 0) is 9.59 Å². The molecule has 1 saturated heterocycles. The average Bonchev–Trinajstić information content (AvgIpc) is 2.77. The van der Waals surface area contributed by atoms with Crippen LogP contribution >= 0.6 is 0 Å². The Morgan fingerprint density at radius 1 is 1.47 bits per heavy atom. The van der Waals surface area contributed by atoms with Gasteiger partial charge >= 0.3 is 0 Å². The Bertz CT molecular complexity index is 346. The number of carbonyl (C=O) groups is 2. The third kappa shape index (κ3) is 2.76. The smallest absolute Gasteiger partial charge is 0.242 e. The average molecular weight is 237 g/mol. The summed E-state index contributed by atoms with van der Waals surface area (Å²) in [6, 6.07) is 1.63. The van der Waals surface area contributed by atoms with Crippen molar-refractivity contribution >= 4 is 11.8 Å². The second-order valence-electron chi connectivity index (χ2n) is 4.65. The monoisotopic (exact) mass is 237 g/mol. The zero-order valence-electron chi connectivity index (χ0n) is 10.6. The molecule has 1 fully saturated rings. The van der Waals surface area contributed by atoms with E-state index in [-0.39, 0.29) is 17.7 Å². The molecule has 1 N–H and O–H groups in total. The van der Waals surface area contributed by atoms with Crippen LogP contribution in [0.3, 0.4) is 0 Å². The molecule has 0 aliphatic carbocycles. The molecule has 1 aliphatic rings. The molecule has 0 aromatic rings. The molecule has 0 radical (unpaired) electrons. The SMILES string of the molecule is CNC(=O)C1CCCN1C(=O)C(C#N)C(C)C. The molecule has 5 heteroatoms. The summed E-state index contributed by atoms with van der Waals surface area (Å²) >= 11 is 0. The minimum Gasteiger partial charge on any atom is -0.357 e. The van der Waals surface area contributed by atoms with E-state index in [9.17, 15) is 9.59 Å². The van der Waals surface area contributed by atoms with Crippen molar-refractivity contribution in [2.75, 3.05) is 13.6 Å². The van der Waals surface area contributed by atoms with Crippen molar-refractivity contribution < 1.29 is 9.59 Å². The number of nitrogens with one attached hydrogen (secondary N) is 1. The number of likely N-dealkylation sites (N-methyl/N-ethyl adjacent to an activating group) is 1. The Balaban J connectivity index is 2.81. The van der Waals surface area contributed by atoms with Crippen LogP contribution in [-0.4, -0.2) is 36.3 Å². The van der Waals surface area contributed by atoms with E-state index < -0.39 is 12.0 Å². The predicted molar refractivity (Wildman–Crippen MR) is 62.7 cm³/mol. The summed E-state index contributed by atoms with van der Waals surface area (Å²) in [5, 5.41) is 11.6. The van der Waals surface area contributed by atoms with E-state index in [0.29, 0.717) is 13.0 Å². The van der Waals surface area contributed by atoms with Gasteiger partial charge in [0.2, 0.25) is 11.8 Å². The van der Waals surface area contributed by atoms with Gasteiger partial charge in [0.15, 0.2) is 0 Å². The van der Waals surface area contributed by atoms with Crippen LogP contribution in [0.15, 0.2) is 0 Å². The maximum atomic E-state index is 12.2. The predicted octanol–water partition coefficient (Wildman–Crippen LogP) is 0.519. The zero-order valence-corrected chi connectivity index (χ0v) is 10.6. The lowest BCUT2D eigenvalue weighted by Crippen LogP contribution is -2.47. The van der Waals surface area contributed by atoms with E-state index in [0.717, 1.165) is 6.42 Å². The summed E-state index contributed by atoms with van der Waals surface area (Å²) in [5.74, 6) is -1.04. The summed E-state index contributed by atoms with van der Waals surface area (Å²) < 4.78 is 0. The number of hydrogen-bond donors (Lipinski definition) is 1. The maximum Gasteiger partial charge on any atom is 0.242 e. The van der Waals surface area contributed by atoms with Crippen LogP contribution in [0.1, 0.15) is 26.7 Å². The Morgan fingerprint density at radius 3 is 2.59 bits per heavy atom. The summed E-state index contributed by atoms with van der Waals surface area (Å²) in [6.45, 7) is 4.26. The van der Waals surface area contributed by atoms with Crippen molar-refractivity contribution in [3.05, 3.63) is 0 Å². The van der Waals surface area contributed by atoms with E-state index in [4.69, 9.17) is 5.26 Å². The number of likely N-dealkylation sites (tertiary alicyclic amines) is 1. The van der Waals surface area contributed by atoms with Crippen molar-refractivity contribution in [2.24, 2.45) is 11.8 Å². The van der Waals surface area contributed by atoms with Crippen molar-refractivity contribution in [1.29, 1.82) is 5.26 Å². The van der Waals surface area contributed by atoms with E-state index in [1.807, 2.05) is 19.9 Å². The molecule has 2 unspecified atom stereocenters. The lowest BCUT2D eigenvalue weighted by Gasteiger charge is -2.26. The van der Waals surface area contributed by atoms with Crippen molar-refractivity contribution in [3.8, 4) is 6.07 Å². The summed E-state index contributed by atoms with van der Waals surface area (Å²) in [4.78, 5) is 25.3. The molecule has 1 heterocycles. The van der Waals surface area contributed by atoms with Crippen LogP contribution < -0.4 is 5.32 Å². The lowest BCUT2D eigenvalue weighted by atomic mass is 9.95. The van der Waals surface area contributed by atoms with Gasteiger partial charge in [-0.05, 0) is 18.8 Å². The van der Waals surface area contributed by atoms with Gasteiger partial charge in [-0.2, -0.15) is 5.26 Å². The number of hydrogen-bond acceptors (Lipinski definition) is 3. The molecular weight excluding hydrogens is 218 g/mol. The van der Waals surface area contributed by atoms with Gasteiger partial charge in [-0.3, -0.25) is 9.59 Å². The zero-order chi connectivity index (χ0) is 13.0. The molecule has 0 spiro atoms. The van der Waals surface area contributed by atoms with Gasteiger partial charge < -0.3 is 10.2 Å². The van der Waals surface area contributed by atoms with E-state index in [1.165, 1.54) is 0 Å². The minimum atomic E-state index is -0.653. The first-order valence-electron chi connectivity index (χ1n) is 5.94. The summed E-state index contributed by atoms with van der Waals surface area (Å²) in [6.07, 6.45) is 1.50. The third-order valence-corrected chi connectivity index (χ3v) is 3.16. The molecule has 0 aromatic heterocycles. The molecule has 2 atom stereocenters. The molecule has 1 rings (SSSR count). The first-order valence-corrected chi connectivity index (χ1v) is 5.94. The number of nitriles is 1. The highest BCUT2D eigenvalue weighted by molar-refractivity contribution is 5.90. The Kier molecular flexibility index (Phi) is 4.50. The number of carbonyl (C=O) groups excluding carboxylic acids is 2. The molecule has 5 nitrogen and oxygen atoms in total. The molecule has 1 aliphatic heterocycles. The van der Waals surface area contributed by atoms with Crippen LogP contribution in [0.25, 0.3) is 0 Å². The normalized spacial score (nSPS) is 21.1. The number of amides is 2. The van der Waals surface area contributed by atoms with E-state index in [2.05, 4.69) is 5.32 Å². The Labute approximate surface area is 102 Å². The molecule has 2 amide bonds. The number of nitrogens with zero attached hydrogens (tertiary/aromatic N) is 2. The van der Waals surface area contributed by atoms with Crippen LogP contribution in [0, 0.1) is 23.2 Å². The summed E-state index contributed by atoms with van der Waals surface area (Å²) in [5.41, 5.74) is 0. The fraction of sp³-hybridized carbons (Fsp3) is 0.750. The van der Waals surface area contributed by atoms with Gasteiger partial charge in [0.25, 0.3) is 0 Å². The largest absolute Gasteiger partial charge is 0.357 e. The fourth-order valence-electron chi connectivity index (χ4n) is 2.14. The first kappa shape index (κ1) is 13.5. The molecule has 0 saturated carbocycles. The van der Waals surface area contributed by atoms with Gasteiger partial charge in [0.1, 0.15) is 12.0 Å². The lowest BCUT2D eigenvalue weighted by molar-refractivity contribution is -0.141. The molecular formula is C12H19N3O2. The number of rotatable bonds is 3. The van der Waals surface area contributed by atoms with Crippen LogP contribution in [0.4, 0.5) is 0 Å². The Hall–Kier alpha value is -1.57. The molecule has 17 heavy (non-hydrogen) atoms. The molecule has 94 valence electrons.